The van der Waals surface area contributed by atoms with Crippen LogP contribution in [0.15, 0.2) is 17.4 Å². The highest BCUT2D eigenvalue weighted by molar-refractivity contribution is 7.71. The molecule has 0 atom stereocenters. The van der Waals surface area contributed by atoms with Gasteiger partial charge >= 0.3 is 0 Å². The first-order valence-electron chi connectivity index (χ1n) is 7.41. The molecule has 23 heavy (non-hydrogen) atoms. The Labute approximate surface area is 141 Å². The number of nitrogens with zero attached hydrogens (tertiary/aromatic N) is 4. The van der Waals surface area contributed by atoms with Gasteiger partial charge in [0.15, 0.2) is 10.6 Å². The van der Waals surface area contributed by atoms with E-state index in [4.69, 9.17) is 17.2 Å². The van der Waals surface area contributed by atoms with Gasteiger partial charge in [0.2, 0.25) is 0 Å². The summed E-state index contributed by atoms with van der Waals surface area (Å²) in [5.74, 6) is 1.63. The van der Waals surface area contributed by atoms with E-state index in [1.54, 1.807) is 10.6 Å². The number of rotatable bonds is 3. The van der Waals surface area contributed by atoms with Gasteiger partial charge in [-0.15, -0.1) is 17.9 Å². The van der Waals surface area contributed by atoms with Crippen LogP contribution in [0.5, 0.6) is 0 Å². The standard InChI is InChI=1S/C15H15N5OS2/c1-3-6-20-12(17-18-15(20)22)11-8(2)10-13(23-11)16-9-5-4-7-19(9)14(10)21/h3H,1,4-7H2,2H3,(H,18,22). The molecule has 4 heterocycles. The molecule has 8 heteroatoms. The van der Waals surface area contributed by atoms with Crippen LogP contribution in [0.3, 0.4) is 0 Å². The lowest BCUT2D eigenvalue weighted by Gasteiger charge is -2.03. The molecule has 4 rings (SSSR count). The van der Waals surface area contributed by atoms with Crippen molar-refractivity contribution in [1.82, 2.24) is 24.3 Å². The minimum atomic E-state index is 0.0619. The van der Waals surface area contributed by atoms with Gasteiger partial charge in [-0.3, -0.25) is 19.0 Å². The Kier molecular flexibility index (Phi) is 3.31. The van der Waals surface area contributed by atoms with Crippen molar-refractivity contribution in [1.29, 1.82) is 0 Å². The zero-order valence-corrected chi connectivity index (χ0v) is 14.3. The molecule has 3 aromatic heterocycles. The summed E-state index contributed by atoms with van der Waals surface area (Å²) in [5, 5.41) is 7.87. The van der Waals surface area contributed by atoms with E-state index in [1.165, 1.54) is 11.3 Å². The monoisotopic (exact) mass is 345 g/mol. The van der Waals surface area contributed by atoms with Gasteiger partial charge in [0.05, 0.1) is 10.3 Å². The number of H-pyrrole nitrogens is 1. The van der Waals surface area contributed by atoms with E-state index in [0.717, 1.165) is 46.3 Å². The van der Waals surface area contributed by atoms with Gasteiger partial charge in [-0.05, 0) is 31.1 Å². The molecule has 0 amide bonds. The lowest BCUT2D eigenvalue weighted by Crippen LogP contribution is -2.20. The number of hydrogen-bond donors (Lipinski definition) is 1. The average molecular weight is 345 g/mol. The van der Waals surface area contributed by atoms with E-state index >= 15 is 0 Å². The summed E-state index contributed by atoms with van der Waals surface area (Å²) in [4.78, 5) is 19.2. The van der Waals surface area contributed by atoms with Crippen LogP contribution < -0.4 is 5.56 Å². The van der Waals surface area contributed by atoms with Gasteiger partial charge in [0, 0.05) is 19.5 Å². The second-order valence-electron chi connectivity index (χ2n) is 5.58. The van der Waals surface area contributed by atoms with Gasteiger partial charge in [0.1, 0.15) is 10.7 Å². The third-order valence-corrected chi connectivity index (χ3v) is 5.68. The summed E-state index contributed by atoms with van der Waals surface area (Å²) in [7, 11) is 0. The third-order valence-electron chi connectivity index (χ3n) is 4.18. The Balaban J connectivity index is 2.02. The van der Waals surface area contributed by atoms with Crippen LogP contribution in [-0.4, -0.2) is 24.3 Å². The Hall–Kier alpha value is -2.06. The molecule has 6 nitrogen and oxygen atoms in total. The van der Waals surface area contributed by atoms with E-state index < -0.39 is 0 Å². The SMILES string of the molecule is C=CCn1c(-c2sc3nc4n(c(=O)c3c2C)CCC4)n[nH]c1=S. The second kappa shape index (κ2) is 5.24. The molecular formula is C15H15N5OS2. The predicted molar refractivity (Wildman–Crippen MR) is 93.5 cm³/mol. The first kappa shape index (κ1) is 14.5. The highest BCUT2D eigenvalue weighted by atomic mass is 32.1. The van der Waals surface area contributed by atoms with Gasteiger partial charge in [-0.1, -0.05) is 6.08 Å². The molecule has 0 aromatic carbocycles. The molecule has 1 N–H and O–H groups in total. The number of aromatic amines is 1. The number of aryl methyl sites for hydroxylation is 2. The largest absolute Gasteiger partial charge is 0.296 e. The molecular weight excluding hydrogens is 330 g/mol. The minimum Gasteiger partial charge on any atom is -0.296 e. The van der Waals surface area contributed by atoms with E-state index in [2.05, 4.69) is 16.8 Å². The van der Waals surface area contributed by atoms with Crippen LogP contribution in [0.25, 0.3) is 20.9 Å². The summed E-state index contributed by atoms with van der Waals surface area (Å²) >= 11 is 6.78. The fourth-order valence-electron chi connectivity index (χ4n) is 3.08. The maximum absolute atomic E-state index is 12.8. The number of nitrogens with one attached hydrogen (secondary N) is 1. The Morgan fingerprint density at radius 1 is 1.52 bits per heavy atom. The number of fused-ring (bicyclic) bond motifs is 2. The van der Waals surface area contributed by atoms with Gasteiger partial charge < -0.3 is 0 Å². The third kappa shape index (κ3) is 2.05. The Morgan fingerprint density at radius 2 is 2.35 bits per heavy atom. The van der Waals surface area contributed by atoms with Crippen LogP contribution in [-0.2, 0) is 19.5 Å². The highest BCUT2D eigenvalue weighted by Gasteiger charge is 2.23. The Morgan fingerprint density at radius 3 is 3.13 bits per heavy atom. The molecule has 0 bridgehead atoms. The van der Waals surface area contributed by atoms with Crippen molar-refractivity contribution in [2.75, 3.05) is 0 Å². The molecule has 0 unspecified atom stereocenters. The van der Waals surface area contributed by atoms with Crippen molar-refractivity contribution in [3.05, 3.63) is 39.2 Å². The fraction of sp³-hybridized carbons (Fsp3) is 0.333. The van der Waals surface area contributed by atoms with E-state index in [-0.39, 0.29) is 5.56 Å². The predicted octanol–water partition coefficient (Wildman–Crippen LogP) is 2.82. The summed E-state index contributed by atoms with van der Waals surface area (Å²) in [5.41, 5.74) is 0.982. The van der Waals surface area contributed by atoms with Gasteiger partial charge in [-0.2, -0.15) is 5.10 Å². The minimum absolute atomic E-state index is 0.0619. The van der Waals surface area contributed by atoms with E-state index in [1.807, 2.05) is 11.5 Å². The lowest BCUT2D eigenvalue weighted by molar-refractivity contribution is 0.719. The molecule has 0 aliphatic carbocycles. The molecule has 118 valence electrons. The molecule has 0 saturated heterocycles. The first-order valence-corrected chi connectivity index (χ1v) is 8.63. The molecule has 0 radical (unpaired) electrons. The van der Waals surface area contributed by atoms with Crippen LogP contribution in [0.4, 0.5) is 0 Å². The molecule has 1 aliphatic heterocycles. The summed E-state index contributed by atoms with van der Waals surface area (Å²) < 4.78 is 4.22. The molecule has 0 saturated carbocycles. The Bertz CT molecular complexity index is 1050. The van der Waals surface area contributed by atoms with Crippen molar-refractivity contribution < 1.29 is 0 Å². The fourth-order valence-corrected chi connectivity index (χ4v) is 4.47. The van der Waals surface area contributed by atoms with Crippen LogP contribution >= 0.6 is 23.6 Å². The van der Waals surface area contributed by atoms with Crippen LogP contribution in [0.1, 0.15) is 17.8 Å². The van der Waals surface area contributed by atoms with Crippen molar-refractivity contribution >= 4 is 33.8 Å². The lowest BCUT2D eigenvalue weighted by atomic mass is 10.2. The van der Waals surface area contributed by atoms with E-state index in [0.29, 0.717) is 16.7 Å². The number of hydrogen-bond acceptors (Lipinski definition) is 5. The quantitative estimate of drug-likeness (QED) is 0.585. The number of aromatic nitrogens is 5. The summed E-state index contributed by atoms with van der Waals surface area (Å²) in [6.07, 6.45) is 3.63. The van der Waals surface area contributed by atoms with Crippen LogP contribution in [0.2, 0.25) is 0 Å². The zero-order valence-electron chi connectivity index (χ0n) is 12.6. The van der Waals surface area contributed by atoms with Crippen molar-refractivity contribution in [3.8, 4) is 10.7 Å². The molecule has 1 aliphatic rings. The van der Waals surface area contributed by atoms with Gasteiger partial charge in [0.25, 0.3) is 5.56 Å². The second-order valence-corrected chi connectivity index (χ2v) is 6.96. The number of allylic oxidation sites excluding steroid dienone is 1. The molecule has 0 spiro atoms. The summed E-state index contributed by atoms with van der Waals surface area (Å²) in [6, 6.07) is 0. The van der Waals surface area contributed by atoms with E-state index in [9.17, 15) is 4.79 Å². The normalized spacial score (nSPS) is 13.6. The zero-order chi connectivity index (χ0) is 16.1. The first-order chi connectivity index (χ1) is 11.1. The average Bonchev–Trinajstić information content (AvgIpc) is 3.20. The summed E-state index contributed by atoms with van der Waals surface area (Å²) in [6.45, 7) is 7.05. The highest BCUT2D eigenvalue weighted by Crippen LogP contribution is 2.35. The number of thiophene rings is 1. The maximum Gasteiger partial charge on any atom is 0.262 e. The van der Waals surface area contributed by atoms with Crippen LogP contribution in [0, 0.1) is 11.7 Å². The maximum atomic E-state index is 12.8. The molecule has 3 aromatic rings. The van der Waals surface area contributed by atoms with Crippen molar-refractivity contribution in [2.45, 2.75) is 32.9 Å². The molecule has 0 fully saturated rings. The topological polar surface area (TPSA) is 68.5 Å². The smallest absolute Gasteiger partial charge is 0.262 e. The van der Waals surface area contributed by atoms with Crippen molar-refractivity contribution in [2.24, 2.45) is 0 Å². The van der Waals surface area contributed by atoms with Gasteiger partial charge in [-0.25, -0.2) is 4.98 Å². The van der Waals surface area contributed by atoms with Crippen molar-refractivity contribution in [3.63, 3.8) is 0 Å².